The van der Waals surface area contributed by atoms with E-state index in [0.717, 1.165) is 10.2 Å². The standard InChI is InChI=1S/C19H12FN3O3S/c20-13-7-5-12(6-8-13)19-22-16(26-23-19)11-25-18(24)10-9-17-21-14-3-1-2-4-15(14)27-17/h1-10H,11H2/b10-9+. The van der Waals surface area contributed by atoms with Crippen molar-refractivity contribution in [1.82, 2.24) is 15.1 Å². The Morgan fingerprint density at radius 1 is 1.15 bits per heavy atom. The molecule has 0 amide bonds. The van der Waals surface area contributed by atoms with E-state index in [0.29, 0.717) is 16.4 Å². The second-order valence-electron chi connectivity index (χ2n) is 5.48. The van der Waals surface area contributed by atoms with Gasteiger partial charge in [-0.25, -0.2) is 14.2 Å². The summed E-state index contributed by atoms with van der Waals surface area (Å²) < 4.78 is 24.1. The Kier molecular flexibility index (Phi) is 4.71. The van der Waals surface area contributed by atoms with E-state index in [1.807, 2.05) is 24.3 Å². The molecule has 0 saturated heterocycles. The van der Waals surface area contributed by atoms with Crippen molar-refractivity contribution in [2.75, 3.05) is 0 Å². The number of benzene rings is 2. The highest BCUT2D eigenvalue weighted by atomic mass is 32.1. The van der Waals surface area contributed by atoms with Gasteiger partial charge in [0, 0.05) is 11.6 Å². The molecule has 4 aromatic rings. The molecule has 2 aromatic heterocycles. The Balaban J connectivity index is 1.35. The summed E-state index contributed by atoms with van der Waals surface area (Å²) in [6.45, 7) is -0.156. The summed E-state index contributed by atoms with van der Waals surface area (Å²) in [5.74, 6) is -0.450. The number of hydrogen-bond acceptors (Lipinski definition) is 7. The molecule has 0 fully saturated rings. The maximum Gasteiger partial charge on any atom is 0.331 e. The number of esters is 1. The molecular formula is C19H12FN3O3S. The summed E-state index contributed by atoms with van der Waals surface area (Å²) in [5, 5.41) is 4.50. The topological polar surface area (TPSA) is 78.1 Å². The van der Waals surface area contributed by atoms with Crippen LogP contribution in [0.15, 0.2) is 59.1 Å². The van der Waals surface area contributed by atoms with Crippen molar-refractivity contribution in [2.45, 2.75) is 6.61 Å². The summed E-state index contributed by atoms with van der Waals surface area (Å²) in [6.07, 6.45) is 2.90. The van der Waals surface area contributed by atoms with E-state index in [1.54, 1.807) is 6.08 Å². The SMILES string of the molecule is O=C(/C=C/c1nc2ccccc2s1)OCc1nc(-c2ccc(F)cc2)no1. The van der Waals surface area contributed by atoms with Crippen LogP contribution >= 0.6 is 11.3 Å². The van der Waals surface area contributed by atoms with Gasteiger partial charge in [-0.05, 0) is 42.5 Å². The maximum atomic E-state index is 12.9. The van der Waals surface area contributed by atoms with Crippen LogP contribution in [0.5, 0.6) is 0 Å². The van der Waals surface area contributed by atoms with Crippen molar-refractivity contribution in [3.63, 3.8) is 0 Å². The van der Waals surface area contributed by atoms with Crippen molar-refractivity contribution >= 4 is 33.6 Å². The lowest BCUT2D eigenvalue weighted by Gasteiger charge is -1.96. The average Bonchev–Trinajstić information content (AvgIpc) is 3.32. The van der Waals surface area contributed by atoms with Crippen molar-refractivity contribution in [3.8, 4) is 11.4 Å². The van der Waals surface area contributed by atoms with E-state index >= 15 is 0 Å². The van der Waals surface area contributed by atoms with Crippen LogP contribution in [0, 0.1) is 5.82 Å². The van der Waals surface area contributed by atoms with E-state index in [9.17, 15) is 9.18 Å². The smallest absolute Gasteiger partial charge is 0.331 e. The Labute approximate surface area is 156 Å². The number of nitrogens with zero attached hydrogens (tertiary/aromatic N) is 3. The first kappa shape index (κ1) is 17.0. The molecule has 0 aliphatic carbocycles. The molecule has 0 spiro atoms. The fourth-order valence-corrected chi connectivity index (χ4v) is 3.18. The molecule has 4 rings (SSSR count). The summed E-state index contributed by atoms with van der Waals surface area (Å²) in [7, 11) is 0. The quantitative estimate of drug-likeness (QED) is 0.380. The van der Waals surface area contributed by atoms with Crippen LogP contribution in [0.4, 0.5) is 4.39 Å². The summed E-state index contributed by atoms with van der Waals surface area (Å²) in [4.78, 5) is 20.4. The van der Waals surface area contributed by atoms with Gasteiger partial charge in [0.25, 0.3) is 5.89 Å². The lowest BCUT2D eigenvalue weighted by atomic mass is 10.2. The van der Waals surface area contributed by atoms with E-state index < -0.39 is 5.97 Å². The van der Waals surface area contributed by atoms with Gasteiger partial charge in [0.1, 0.15) is 10.8 Å². The molecule has 0 N–H and O–H groups in total. The number of aromatic nitrogens is 3. The van der Waals surface area contributed by atoms with E-state index in [1.165, 1.54) is 41.7 Å². The minimum atomic E-state index is -0.546. The molecule has 2 heterocycles. The fourth-order valence-electron chi connectivity index (χ4n) is 2.31. The van der Waals surface area contributed by atoms with Crippen LogP contribution in [-0.2, 0) is 16.1 Å². The number of carbonyl (C=O) groups excluding carboxylic acids is 1. The van der Waals surface area contributed by atoms with Gasteiger partial charge in [0.15, 0.2) is 6.61 Å². The molecule has 0 aliphatic heterocycles. The second kappa shape index (κ2) is 7.46. The zero-order valence-electron chi connectivity index (χ0n) is 13.8. The van der Waals surface area contributed by atoms with E-state index in [2.05, 4.69) is 15.1 Å². The highest BCUT2D eigenvalue weighted by Gasteiger charge is 2.10. The molecule has 27 heavy (non-hydrogen) atoms. The molecule has 0 bridgehead atoms. The number of fused-ring (bicyclic) bond motifs is 1. The third-order valence-corrected chi connectivity index (χ3v) is 4.58. The molecule has 134 valence electrons. The lowest BCUT2D eigenvalue weighted by Crippen LogP contribution is -2.00. The molecule has 6 nitrogen and oxygen atoms in total. The van der Waals surface area contributed by atoms with Gasteiger partial charge in [0.05, 0.1) is 10.2 Å². The van der Waals surface area contributed by atoms with Crippen molar-refractivity contribution in [3.05, 3.63) is 71.3 Å². The number of halogens is 1. The van der Waals surface area contributed by atoms with Gasteiger partial charge in [-0.3, -0.25) is 0 Å². The lowest BCUT2D eigenvalue weighted by molar-refractivity contribution is -0.139. The molecule has 0 aliphatic rings. The van der Waals surface area contributed by atoms with Gasteiger partial charge in [-0.15, -0.1) is 11.3 Å². The molecule has 0 saturated carbocycles. The van der Waals surface area contributed by atoms with Crippen molar-refractivity contribution in [2.24, 2.45) is 0 Å². The average molecular weight is 381 g/mol. The van der Waals surface area contributed by atoms with Gasteiger partial charge >= 0.3 is 5.97 Å². The molecular weight excluding hydrogens is 369 g/mol. The summed E-state index contributed by atoms with van der Waals surface area (Å²) >= 11 is 1.48. The molecule has 0 radical (unpaired) electrons. The van der Waals surface area contributed by atoms with Gasteiger partial charge in [-0.1, -0.05) is 17.3 Å². The zero-order valence-corrected chi connectivity index (χ0v) is 14.6. The number of rotatable bonds is 5. The first-order valence-corrected chi connectivity index (χ1v) is 8.78. The van der Waals surface area contributed by atoms with Crippen LogP contribution in [0.3, 0.4) is 0 Å². The Bertz CT molecular complexity index is 1090. The monoisotopic (exact) mass is 381 g/mol. The minimum absolute atomic E-state index is 0.149. The predicted octanol–water partition coefficient (Wildman–Crippen LogP) is 4.24. The zero-order chi connectivity index (χ0) is 18.6. The third-order valence-electron chi connectivity index (χ3n) is 3.58. The van der Waals surface area contributed by atoms with Crippen molar-refractivity contribution < 1.29 is 18.4 Å². The minimum Gasteiger partial charge on any atom is -0.452 e. The van der Waals surface area contributed by atoms with Gasteiger partial charge < -0.3 is 9.26 Å². The normalized spacial score (nSPS) is 11.3. The highest BCUT2D eigenvalue weighted by molar-refractivity contribution is 7.19. The van der Waals surface area contributed by atoms with Crippen LogP contribution in [-0.4, -0.2) is 21.1 Å². The summed E-state index contributed by atoms with van der Waals surface area (Å²) in [6, 6.07) is 13.4. The number of thiazole rings is 1. The fraction of sp³-hybridized carbons (Fsp3) is 0.0526. The Hall–Kier alpha value is -3.39. The van der Waals surface area contributed by atoms with E-state index in [-0.39, 0.29) is 18.3 Å². The number of para-hydroxylation sites is 1. The Morgan fingerprint density at radius 2 is 1.96 bits per heavy atom. The van der Waals surface area contributed by atoms with Crippen LogP contribution < -0.4 is 0 Å². The van der Waals surface area contributed by atoms with Crippen LogP contribution in [0.1, 0.15) is 10.9 Å². The maximum absolute atomic E-state index is 12.9. The molecule has 2 aromatic carbocycles. The van der Waals surface area contributed by atoms with Gasteiger partial charge in [0.2, 0.25) is 5.82 Å². The third kappa shape index (κ3) is 4.06. The number of ether oxygens (including phenoxy) is 1. The van der Waals surface area contributed by atoms with Crippen LogP contribution in [0.2, 0.25) is 0 Å². The van der Waals surface area contributed by atoms with E-state index in [4.69, 9.17) is 9.26 Å². The molecule has 0 unspecified atom stereocenters. The molecule has 0 atom stereocenters. The Morgan fingerprint density at radius 3 is 2.78 bits per heavy atom. The van der Waals surface area contributed by atoms with Crippen molar-refractivity contribution in [1.29, 1.82) is 0 Å². The highest BCUT2D eigenvalue weighted by Crippen LogP contribution is 2.22. The largest absolute Gasteiger partial charge is 0.452 e. The first-order valence-electron chi connectivity index (χ1n) is 7.96. The predicted molar refractivity (Wildman–Crippen MR) is 98.1 cm³/mol. The summed E-state index contributed by atoms with van der Waals surface area (Å²) in [5.41, 5.74) is 1.49. The first-order chi connectivity index (χ1) is 13.2. The van der Waals surface area contributed by atoms with Crippen LogP contribution in [0.25, 0.3) is 27.7 Å². The molecule has 8 heteroatoms. The number of carbonyl (C=O) groups is 1. The number of hydrogen-bond donors (Lipinski definition) is 0. The second-order valence-corrected chi connectivity index (χ2v) is 6.54. The van der Waals surface area contributed by atoms with Gasteiger partial charge in [-0.2, -0.15) is 4.98 Å².